The third kappa shape index (κ3) is 2.69. The van der Waals surface area contributed by atoms with Crippen LogP contribution in [0, 0.1) is 13.8 Å². The summed E-state index contributed by atoms with van der Waals surface area (Å²) in [6.07, 6.45) is 0. The molecule has 0 bridgehead atoms. The van der Waals surface area contributed by atoms with Gasteiger partial charge in [-0.25, -0.2) is 4.98 Å². The molecule has 3 aromatic rings. The van der Waals surface area contributed by atoms with Gasteiger partial charge in [0.2, 0.25) is 0 Å². The number of aryl methyl sites for hydroxylation is 2. The van der Waals surface area contributed by atoms with E-state index in [1.165, 1.54) is 5.56 Å². The predicted octanol–water partition coefficient (Wildman–Crippen LogP) is 4.19. The number of pyridine rings is 1. The van der Waals surface area contributed by atoms with E-state index < -0.39 is 0 Å². The number of amides is 1. The normalized spacial score (nSPS) is 10.8. The van der Waals surface area contributed by atoms with E-state index in [0.717, 1.165) is 22.3 Å². The average molecular weight is 344 g/mol. The lowest BCUT2D eigenvalue weighted by molar-refractivity contribution is 0.102. The molecule has 0 aliphatic carbocycles. The van der Waals surface area contributed by atoms with Crippen LogP contribution in [0.3, 0.4) is 0 Å². The van der Waals surface area contributed by atoms with E-state index in [4.69, 9.17) is 0 Å². The third-order valence-electron chi connectivity index (χ3n) is 3.51. The fourth-order valence-corrected chi connectivity index (χ4v) is 2.61. The number of aromatic amines is 1. The Balaban J connectivity index is 1.91. The number of fused-ring (bicyclic) bond motifs is 1. The molecule has 21 heavy (non-hydrogen) atoms. The lowest BCUT2D eigenvalue weighted by Gasteiger charge is -2.05. The number of carbonyl (C=O) groups is 1. The van der Waals surface area contributed by atoms with E-state index in [1.807, 2.05) is 25.1 Å². The first-order valence-electron chi connectivity index (χ1n) is 6.57. The SMILES string of the molecule is Cc1[nH]c2ccc(NC(=O)c3cccc(Br)n3)cc2c1C. The Morgan fingerprint density at radius 3 is 2.81 bits per heavy atom. The van der Waals surface area contributed by atoms with Gasteiger partial charge in [-0.1, -0.05) is 6.07 Å². The lowest BCUT2D eigenvalue weighted by atomic mass is 10.1. The molecule has 0 fully saturated rings. The predicted molar refractivity (Wildman–Crippen MR) is 87.7 cm³/mol. The average Bonchev–Trinajstić information content (AvgIpc) is 2.74. The molecule has 0 spiro atoms. The molecule has 0 saturated heterocycles. The van der Waals surface area contributed by atoms with Crippen molar-refractivity contribution in [2.24, 2.45) is 0 Å². The highest BCUT2D eigenvalue weighted by molar-refractivity contribution is 9.10. The zero-order valence-electron chi connectivity index (χ0n) is 11.7. The number of nitrogens with one attached hydrogen (secondary N) is 2. The van der Waals surface area contributed by atoms with Crippen LogP contribution in [0.1, 0.15) is 21.7 Å². The second-order valence-corrected chi connectivity index (χ2v) is 5.75. The smallest absolute Gasteiger partial charge is 0.274 e. The van der Waals surface area contributed by atoms with Crippen LogP contribution in [0.25, 0.3) is 10.9 Å². The molecule has 5 heteroatoms. The molecule has 2 heterocycles. The lowest BCUT2D eigenvalue weighted by Crippen LogP contribution is -2.13. The van der Waals surface area contributed by atoms with Gasteiger partial charge in [-0.05, 0) is 65.7 Å². The van der Waals surface area contributed by atoms with Gasteiger partial charge >= 0.3 is 0 Å². The van der Waals surface area contributed by atoms with Gasteiger partial charge in [0.15, 0.2) is 0 Å². The standard InChI is InChI=1S/C16H14BrN3O/c1-9-10(2)18-13-7-6-11(8-12(9)13)19-16(21)14-4-3-5-15(17)20-14/h3-8,18H,1-2H3,(H,19,21). The van der Waals surface area contributed by atoms with Crippen LogP contribution in [0.4, 0.5) is 5.69 Å². The van der Waals surface area contributed by atoms with Gasteiger partial charge in [0.1, 0.15) is 10.3 Å². The Labute approximate surface area is 130 Å². The molecule has 0 unspecified atom stereocenters. The number of benzene rings is 1. The second-order valence-electron chi connectivity index (χ2n) is 4.94. The van der Waals surface area contributed by atoms with Crippen molar-refractivity contribution in [3.63, 3.8) is 0 Å². The quantitative estimate of drug-likeness (QED) is 0.685. The van der Waals surface area contributed by atoms with E-state index in [2.05, 4.69) is 38.1 Å². The molecular formula is C16H14BrN3O. The molecule has 0 saturated carbocycles. The van der Waals surface area contributed by atoms with Crippen molar-refractivity contribution >= 4 is 38.4 Å². The number of H-pyrrole nitrogens is 1. The second kappa shape index (κ2) is 5.33. The maximum Gasteiger partial charge on any atom is 0.274 e. The molecule has 3 rings (SSSR count). The third-order valence-corrected chi connectivity index (χ3v) is 3.96. The van der Waals surface area contributed by atoms with Crippen molar-refractivity contribution in [1.82, 2.24) is 9.97 Å². The molecule has 0 atom stereocenters. The van der Waals surface area contributed by atoms with Crippen LogP contribution in [-0.4, -0.2) is 15.9 Å². The molecule has 2 aromatic heterocycles. The van der Waals surface area contributed by atoms with Gasteiger partial charge in [0.05, 0.1) is 0 Å². The molecule has 4 nitrogen and oxygen atoms in total. The Morgan fingerprint density at radius 2 is 2.05 bits per heavy atom. The fraction of sp³-hybridized carbons (Fsp3) is 0.125. The summed E-state index contributed by atoms with van der Waals surface area (Å²) in [5.74, 6) is -0.222. The summed E-state index contributed by atoms with van der Waals surface area (Å²) in [4.78, 5) is 19.7. The molecule has 1 aromatic carbocycles. The summed E-state index contributed by atoms with van der Waals surface area (Å²) in [6, 6.07) is 11.1. The number of halogens is 1. The Kier molecular flexibility index (Phi) is 3.51. The number of carbonyl (C=O) groups excluding carboxylic acids is 1. The van der Waals surface area contributed by atoms with E-state index in [1.54, 1.807) is 18.2 Å². The van der Waals surface area contributed by atoms with Crippen LogP contribution < -0.4 is 5.32 Å². The maximum atomic E-state index is 12.2. The summed E-state index contributed by atoms with van der Waals surface area (Å²) in [7, 11) is 0. The van der Waals surface area contributed by atoms with Crippen LogP contribution >= 0.6 is 15.9 Å². The molecule has 0 radical (unpaired) electrons. The number of hydrogen-bond acceptors (Lipinski definition) is 2. The molecule has 1 amide bonds. The highest BCUT2D eigenvalue weighted by Gasteiger charge is 2.10. The Morgan fingerprint density at radius 1 is 1.24 bits per heavy atom. The van der Waals surface area contributed by atoms with Gasteiger partial charge in [0, 0.05) is 22.3 Å². The van der Waals surface area contributed by atoms with Gasteiger partial charge < -0.3 is 10.3 Å². The van der Waals surface area contributed by atoms with Gasteiger partial charge in [-0.2, -0.15) is 0 Å². The molecular weight excluding hydrogens is 330 g/mol. The van der Waals surface area contributed by atoms with Crippen LogP contribution in [0.15, 0.2) is 41.0 Å². The van der Waals surface area contributed by atoms with Crippen molar-refractivity contribution in [3.8, 4) is 0 Å². The number of anilines is 1. The molecule has 106 valence electrons. The van der Waals surface area contributed by atoms with Crippen molar-refractivity contribution in [1.29, 1.82) is 0 Å². The van der Waals surface area contributed by atoms with Crippen molar-refractivity contribution in [2.75, 3.05) is 5.32 Å². The van der Waals surface area contributed by atoms with E-state index in [-0.39, 0.29) is 5.91 Å². The van der Waals surface area contributed by atoms with Gasteiger partial charge in [-0.15, -0.1) is 0 Å². The highest BCUT2D eigenvalue weighted by atomic mass is 79.9. The van der Waals surface area contributed by atoms with Crippen molar-refractivity contribution < 1.29 is 4.79 Å². The summed E-state index contributed by atoms with van der Waals surface area (Å²) in [5, 5.41) is 4.00. The van der Waals surface area contributed by atoms with Crippen molar-refractivity contribution in [3.05, 3.63) is 58.0 Å². The molecule has 0 aliphatic heterocycles. The topological polar surface area (TPSA) is 57.8 Å². The Bertz CT molecular complexity index is 839. The monoisotopic (exact) mass is 343 g/mol. The van der Waals surface area contributed by atoms with Gasteiger partial charge in [-0.3, -0.25) is 4.79 Å². The first-order chi connectivity index (χ1) is 10.0. The number of nitrogens with zero attached hydrogens (tertiary/aromatic N) is 1. The zero-order valence-corrected chi connectivity index (χ0v) is 13.3. The number of aromatic nitrogens is 2. The number of rotatable bonds is 2. The number of hydrogen-bond donors (Lipinski definition) is 2. The zero-order chi connectivity index (χ0) is 15.0. The first-order valence-corrected chi connectivity index (χ1v) is 7.37. The minimum Gasteiger partial charge on any atom is -0.358 e. The maximum absolute atomic E-state index is 12.2. The largest absolute Gasteiger partial charge is 0.358 e. The Hall–Kier alpha value is -2.14. The summed E-state index contributed by atoms with van der Waals surface area (Å²) in [5.41, 5.74) is 4.55. The highest BCUT2D eigenvalue weighted by Crippen LogP contribution is 2.24. The summed E-state index contributed by atoms with van der Waals surface area (Å²) < 4.78 is 0.641. The minimum absolute atomic E-state index is 0.222. The minimum atomic E-state index is -0.222. The van der Waals surface area contributed by atoms with Crippen molar-refractivity contribution in [2.45, 2.75) is 13.8 Å². The van der Waals surface area contributed by atoms with Crippen LogP contribution in [-0.2, 0) is 0 Å². The molecule has 0 aliphatic rings. The first kappa shape index (κ1) is 13.8. The van der Waals surface area contributed by atoms with Gasteiger partial charge in [0.25, 0.3) is 5.91 Å². The molecule has 2 N–H and O–H groups in total. The van der Waals surface area contributed by atoms with E-state index in [0.29, 0.717) is 10.3 Å². The van der Waals surface area contributed by atoms with Crippen LogP contribution in [0.5, 0.6) is 0 Å². The fourth-order valence-electron chi connectivity index (χ4n) is 2.27. The van der Waals surface area contributed by atoms with E-state index in [9.17, 15) is 4.79 Å². The van der Waals surface area contributed by atoms with Crippen LogP contribution in [0.2, 0.25) is 0 Å². The summed E-state index contributed by atoms with van der Waals surface area (Å²) in [6.45, 7) is 4.11. The summed E-state index contributed by atoms with van der Waals surface area (Å²) >= 11 is 3.27. The van der Waals surface area contributed by atoms with E-state index >= 15 is 0 Å².